The minimum absolute atomic E-state index is 0.158. The maximum atomic E-state index is 12.3. The molecule has 2 aromatic rings. The van der Waals surface area contributed by atoms with E-state index >= 15 is 0 Å². The summed E-state index contributed by atoms with van der Waals surface area (Å²) >= 11 is 3.26. The monoisotopic (exact) mass is 356 g/mol. The van der Waals surface area contributed by atoms with Crippen LogP contribution in [0.25, 0.3) is 0 Å². The highest BCUT2D eigenvalue weighted by molar-refractivity contribution is 9.10. The third-order valence-corrected chi connectivity index (χ3v) is 4.50. The lowest BCUT2D eigenvalue weighted by molar-refractivity contribution is 0.417. The van der Waals surface area contributed by atoms with Crippen LogP contribution < -0.4 is 15.2 Å². The van der Waals surface area contributed by atoms with Gasteiger partial charge in [0, 0.05) is 10.2 Å². The number of hydrogen-bond acceptors (Lipinski definition) is 4. The molecule has 2 aromatic carbocycles. The molecule has 106 valence electrons. The Bertz CT molecular complexity index is 715. The molecule has 0 saturated carbocycles. The number of nitrogens with two attached hydrogens (primary N) is 1. The number of nitrogens with one attached hydrogen (secondary N) is 1. The molecule has 0 fully saturated rings. The predicted molar refractivity (Wildman–Crippen MR) is 82.4 cm³/mol. The summed E-state index contributed by atoms with van der Waals surface area (Å²) in [5.41, 5.74) is 6.41. The van der Waals surface area contributed by atoms with Crippen LogP contribution in [0.5, 0.6) is 5.75 Å². The van der Waals surface area contributed by atoms with E-state index in [0.717, 1.165) is 4.47 Å². The first-order chi connectivity index (χ1) is 9.42. The number of benzene rings is 2. The maximum Gasteiger partial charge on any atom is 0.262 e. The summed E-state index contributed by atoms with van der Waals surface area (Å²) in [5.74, 6) is 0.403. The lowest BCUT2D eigenvalue weighted by Crippen LogP contribution is -2.13. The lowest BCUT2D eigenvalue weighted by Gasteiger charge is -2.12. The van der Waals surface area contributed by atoms with Crippen molar-refractivity contribution in [1.29, 1.82) is 0 Å². The van der Waals surface area contributed by atoms with Gasteiger partial charge in [0.1, 0.15) is 5.75 Å². The molecule has 0 amide bonds. The zero-order chi connectivity index (χ0) is 14.8. The number of anilines is 2. The van der Waals surface area contributed by atoms with E-state index < -0.39 is 10.0 Å². The van der Waals surface area contributed by atoms with Gasteiger partial charge in [-0.3, -0.25) is 4.72 Å². The molecule has 5 nitrogen and oxygen atoms in total. The van der Waals surface area contributed by atoms with Crippen molar-refractivity contribution in [3.8, 4) is 5.75 Å². The van der Waals surface area contributed by atoms with Crippen LogP contribution in [-0.4, -0.2) is 15.5 Å². The SMILES string of the molecule is COc1ccc(N)cc1NS(=O)(=O)c1ccc(Br)cc1. The van der Waals surface area contributed by atoms with E-state index in [1.165, 1.54) is 25.3 Å². The zero-order valence-corrected chi connectivity index (χ0v) is 13.0. The third kappa shape index (κ3) is 3.23. The second-order valence-corrected chi connectivity index (χ2v) is 6.62. The Hall–Kier alpha value is -1.73. The Kier molecular flexibility index (Phi) is 4.20. The summed E-state index contributed by atoms with van der Waals surface area (Å²) in [6.45, 7) is 0. The Morgan fingerprint density at radius 3 is 2.40 bits per heavy atom. The fourth-order valence-corrected chi connectivity index (χ4v) is 2.95. The van der Waals surface area contributed by atoms with Gasteiger partial charge >= 0.3 is 0 Å². The summed E-state index contributed by atoms with van der Waals surface area (Å²) in [4.78, 5) is 0.158. The van der Waals surface area contributed by atoms with Crippen LogP contribution in [0.3, 0.4) is 0 Å². The summed E-state index contributed by atoms with van der Waals surface area (Å²) in [5, 5.41) is 0. The summed E-state index contributed by atoms with van der Waals surface area (Å²) in [6.07, 6.45) is 0. The van der Waals surface area contributed by atoms with Crippen LogP contribution >= 0.6 is 15.9 Å². The van der Waals surface area contributed by atoms with Gasteiger partial charge in [0.2, 0.25) is 0 Å². The molecule has 0 bridgehead atoms. The molecule has 3 N–H and O–H groups in total. The average molecular weight is 357 g/mol. The van der Waals surface area contributed by atoms with Crippen molar-refractivity contribution in [3.63, 3.8) is 0 Å². The number of nitrogen functional groups attached to an aromatic ring is 1. The van der Waals surface area contributed by atoms with Crippen LogP contribution in [0.15, 0.2) is 51.8 Å². The van der Waals surface area contributed by atoms with Crippen LogP contribution in [-0.2, 0) is 10.0 Å². The highest BCUT2D eigenvalue weighted by Crippen LogP contribution is 2.29. The third-order valence-electron chi connectivity index (χ3n) is 2.59. The van der Waals surface area contributed by atoms with Gasteiger partial charge in [0.05, 0.1) is 17.7 Å². The molecule has 0 radical (unpaired) electrons. The van der Waals surface area contributed by atoms with E-state index in [9.17, 15) is 8.42 Å². The number of sulfonamides is 1. The molecule has 0 aliphatic rings. The normalized spacial score (nSPS) is 11.1. The number of rotatable bonds is 4. The molecule has 0 saturated heterocycles. The topological polar surface area (TPSA) is 81.4 Å². The molecule has 2 rings (SSSR count). The second-order valence-electron chi connectivity index (χ2n) is 4.02. The standard InChI is InChI=1S/C13H13BrN2O3S/c1-19-13-7-4-10(15)8-12(13)16-20(17,18)11-5-2-9(14)3-6-11/h2-8,16H,15H2,1H3. The van der Waals surface area contributed by atoms with Gasteiger partial charge in [-0.2, -0.15) is 0 Å². The smallest absolute Gasteiger partial charge is 0.262 e. The van der Waals surface area contributed by atoms with Crippen molar-refractivity contribution in [2.24, 2.45) is 0 Å². The van der Waals surface area contributed by atoms with Crippen molar-refractivity contribution < 1.29 is 13.2 Å². The second kappa shape index (κ2) is 5.72. The van der Waals surface area contributed by atoms with E-state index in [-0.39, 0.29) is 4.90 Å². The highest BCUT2D eigenvalue weighted by Gasteiger charge is 2.16. The fraction of sp³-hybridized carbons (Fsp3) is 0.0769. The number of hydrogen-bond donors (Lipinski definition) is 2. The summed E-state index contributed by atoms with van der Waals surface area (Å²) in [7, 11) is -2.22. The van der Waals surface area contributed by atoms with Gasteiger partial charge in [-0.05, 0) is 42.5 Å². The van der Waals surface area contributed by atoms with E-state index in [0.29, 0.717) is 17.1 Å². The lowest BCUT2D eigenvalue weighted by atomic mass is 10.2. The van der Waals surface area contributed by atoms with Gasteiger partial charge in [0.15, 0.2) is 0 Å². The van der Waals surface area contributed by atoms with Crippen molar-refractivity contribution in [2.45, 2.75) is 4.90 Å². The van der Waals surface area contributed by atoms with Gasteiger partial charge in [-0.1, -0.05) is 15.9 Å². The minimum atomic E-state index is -3.69. The van der Waals surface area contributed by atoms with Gasteiger partial charge < -0.3 is 10.5 Å². The van der Waals surface area contributed by atoms with E-state index in [4.69, 9.17) is 10.5 Å². The first-order valence-electron chi connectivity index (χ1n) is 5.64. The van der Waals surface area contributed by atoms with E-state index in [2.05, 4.69) is 20.7 Å². The molecule has 20 heavy (non-hydrogen) atoms. The van der Waals surface area contributed by atoms with E-state index in [1.807, 2.05) is 0 Å². The predicted octanol–water partition coefficient (Wildman–Crippen LogP) is 2.84. The maximum absolute atomic E-state index is 12.3. The van der Waals surface area contributed by atoms with Crippen LogP contribution in [0, 0.1) is 0 Å². The van der Waals surface area contributed by atoms with E-state index in [1.54, 1.807) is 24.3 Å². The fourth-order valence-electron chi connectivity index (χ4n) is 1.62. The highest BCUT2D eigenvalue weighted by atomic mass is 79.9. The average Bonchev–Trinajstić information content (AvgIpc) is 2.39. The molecule has 0 spiro atoms. The van der Waals surface area contributed by atoms with Crippen LogP contribution in [0.1, 0.15) is 0 Å². The van der Waals surface area contributed by atoms with Crippen molar-refractivity contribution in [1.82, 2.24) is 0 Å². The molecular formula is C13H13BrN2O3S. The summed E-state index contributed by atoms with van der Waals surface area (Å²) < 4.78 is 32.9. The van der Waals surface area contributed by atoms with Gasteiger partial charge in [-0.15, -0.1) is 0 Å². The number of methoxy groups -OCH3 is 1. The minimum Gasteiger partial charge on any atom is -0.495 e. The van der Waals surface area contributed by atoms with Crippen LogP contribution in [0.2, 0.25) is 0 Å². The van der Waals surface area contributed by atoms with Crippen LogP contribution in [0.4, 0.5) is 11.4 Å². The van der Waals surface area contributed by atoms with Crippen molar-refractivity contribution in [3.05, 3.63) is 46.9 Å². The van der Waals surface area contributed by atoms with Gasteiger partial charge in [-0.25, -0.2) is 8.42 Å². The number of ether oxygens (including phenoxy) is 1. The number of halogens is 1. The van der Waals surface area contributed by atoms with Gasteiger partial charge in [0.25, 0.3) is 10.0 Å². The molecule has 0 aliphatic heterocycles. The summed E-state index contributed by atoms with van der Waals surface area (Å²) in [6, 6.07) is 11.1. The molecule has 7 heteroatoms. The quantitative estimate of drug-likeness (QED) is 0.825. The Morgan fingerprint density at radius 1 is 1.15 bits per heavy atom. The largest absolute Gasteiger partial charge is 0.495 e. The molecule has 0 atom stereocenters. The molecule has 0 aliphatic carbocycles. The Morgan fingerprint density at radius 2 is 1.80 bits per heavy atom. The Labute approximate surface area is 125 Å². The Balaban J connectivity index is 2.37. The molecule has 0 heterocycles. The molecule has 0 unspecified atom stereocenters. The first-order valence-corrected chi connectivity index (χ1v) is 7.92. The zero-order valence-electron chi connectivity index (χ0n) is 10.6. The van der Waals surface area contributed by atoms with Crippen molar-refractivity contribution in [2.75, 3.05) is 17.6 Å². The molecule has 0 aromatic heterocycles. The van der Waals surface area contributed by atoms with Crippen molar-refractivity contribution >= 4 is 37.3 Å². The molecular weight excluding hydrogens is 344 g/mol. The first kappa shape index (κ1) is 14.7.